The van der Waals surface area contributed by atoms with Gasteiger partial charge in [-0.1, -0.05) is 18.2 Å². The summed E-state index contributed by atoms with van der Waals surface area (Å²) in [5.41, 5.74) is 2.85. The number of methoxy groups -OCH3 is 1. The van der Waals surface area contributed by atoms with Crippen LogP contribution in [0.25, 0.3) is 16.9 Å². The zero-order chi connectivity index (χ0) is 24.4. The Labute approximate surface area is 203 Å². The van der Waals surface area contributed by atoms with Gasteiger partial charge >= 0.3 is 11.8 Å². The molecule has 0 unspecified atom stereocenters. The number of hydrogen-bond donors (Lipinski definition) is 1. The average Bonchev–Trinajstić information content (AvgIpc) is 3.62. The molecule has 1 N–H and O–H groups in total. The number of para-hydroxylation sites is 1. The number of hydrogen-bond acceptors (Lipinski definition) is 5. The molecule has 35 heavy (non-hydrogen) atoms. The highest BCUT2D eigenvalue weighted by atomic mass is 16.5. The van der Waals surface area contributed by atoms with Crippen molar-refractivity contribution >= 4 is 17.7 Å². The van der Waals surface area contributed by atoms with Gasteiger partial charge in [0.2, 0.25) is 0 Å². The van der Waals surface area contributed by atoms with Crippen molar-refractivity contribution in [1.29, 1.82) is 0 Å². The molecule has 9 heteroatoms. The first-order valence-corrected chi connectivity index (χ1v) is 11.7. The zero-order valence-corrected chi connectivity index (χ0v) is 19.5. The minimum absolute atomic E-state index is 0.133. The first-order chi connectivity index (χ1) is 17.0. The predicted octanol–water partition coefficient (Wildman–Crippen LogP) is 2.11. The number of nitrogens with one attached hydrogen (secondary N) is 1. The summed E-state index contributed by atoms with van der Waals surface area (Å²) in [4.78, 5) is 41.0. The van der Waals surface area contributed by atoms with E-state index in [1.165, 1.54) is 4.90 Å². The summed E-state index contributed by atoms with van der Waals surface area (Å²) in [5.74, 6) is -0.546. The lowest BCUT2D eigenvalue weighted by Gasteiger charge is -2.34. The van der Waals surface area contributed by atoms with Gasteiger partial charge < -0.3 is 19.9 Å². The van der Waals surface area contributed by atoms with E-state index in [0.717, 1.165) is 35.5 Å². The Hall–Kier alpha value is -4.14. The van der Waals surface area contributed by atoms with Crippen LogP contribution in [0.4, 0.5) is 0 Å². The second-order valence-electron chi connectivity index (χ2n) is 8.72. The second-order valence-corrected chi connectivity index (χ2v) is 8.72. The second kappa shape index (κ2) is 9.61. The number of amides is 3. The third-order valence-electron chi connectivity index (χ3n) is 6.28. The number of carbonyl (C=O) groups excluding carboxylic acids is 3. The molecule has 2 fully saturated rings. The molecule has 1 aliphatic heterocycles. The van der Waals surface area contributed by atoms with Gasteiger partial charge in [0, 0.05) is 37.8 Å². The van der Waals surface area contributed by atoms with Gasteiger partial charge in [-0.2, -0.15) is 5.10 Å². The molecule has 3 amide bonds. The number of aromatic nitrogens is 2. The summed E-state index contributed by atoms with van der Waals surface area (Å²) in [6, 6.07) is 19.2. The number of rotatable bonds is 5. The Balaban J connectivity index is 1.34. The molecular weight excluding hydrogens is 446 g/mol. The Kier molecular flexibility index (Phi) is 6.22. The van der Waals surface area contributed by atoms with Crippen LogP contribution in [-0.2, 0) is 9.59 Å². The first kappa shape index (κ1) is 22.6. The van der Waals surface area contributed by atoms with Gasteiger partial charge in [-0.3, -0.25) is 14.4 Å². The van der Waals surface area contributed by atoms with Gasteiger partial charge in [-0.25, -0.2) is 4.68 Å². The van der Waals surface area contributed by atoms with E-state index in [1.807, 2.05) is 54.6 Å². The standard InChI is InChI=1S/C26H27N5O4/c1-35-21-11-7-18(8-12-21)23-17-22(28-31(23)20-5-3-2-4-6-20)25(33)29-13-15-30(16-14-29)26(34)24(32)27-19-9-10-19/h2-8,11-12,17,19H,9-10,13-16H2,1H3,(H,27,32). The topological polar surface area (TPSA) is 96.8 Å². The Bertz CT molecular complexity index is 1230. The van der Waals surface area contributed by atoms with E-state index in [0.29, 0.717) is 31.9 Å². The molecular formula is C26H27N5O4. The van der Waals surface area contributed by atoms with Gasteiger partial charge in [0.15, 0.2) is 5.69 Å². The van der Waals surface area contributed by atoms with Crippen LogP contribution in [0, 0.1) is 0 Å². The quantitative estimate of drug-likeness (QED) is 0.573. The van der Waals surface area contributed by atoms with Crippen molar-refractivity contribution in [1.82, 2.24) is 24.9 Å². The molecule has 1 aliphatic carbocycles. The van der Waals surface area contributed by atoms with Crippen molar-refractivity contribution in [3.8, 4) is 22.7 Å². The monoisotopic (exact) mass is 473 g/mol. The minimum Gasteiger partial charge on any atom is -0.497 e. The molecule has 180 valence electrons. The highest BCUT2D eigenvalue weighted by Crippen LogP contribution is 2.27. The molecule has 0 radical (unpaired) electrons. The van der Waals surface area contributed by atoms with Gasteiger partial charge in [0.1, 0.15) is 5.75 Å². The van der Waals surface area contributed by atoms with Crippen molar-refractivity contribution in [2.45, 2.75) is 18.9 Å². The molecule has 0 spiro atoms. The summed E-state index contributed by atoms with van der Waals surface area (Å²) in [6.45, 7) is 1.31. The molecule has 2 heterocycles. The van der Waals surface area contributed by atoms with E-state index in [2.05, 4.69) is 10.4 Å². The SMILES string of the molecule is COc1ccc(-c2cc(C(=O)N3CCN(C(=O)C(=O)NC4CC4)CC3)nn2-c2ccccc2)cc1. The molecule has 5 rings (SSSR count). The maximum Gasteiger partial charge on any atom is 0.312 e. The van der Waals surface area contributed by atoms with E-state index in [1.54, 1.807) is 22.8 Å². The van der Waals surface area contributed by atoms with Crippen LogP contribution in [-0.4, -0.2) is 76.6 Å². The van der Waals surface area contributed by atoms with Crippen molar-refractivity contribution in [2.24, 2.45) is 0 Å². The molecule has 0 bridgehead atoms. The highest BCUT2D eigenvalue weighted by molar-refractivity contribution is 6.35. The van der Waals surface area contributed by atoms with Gasteiger partial charge in [0.05, 0.1) is 18.5 Å². The number of piperazine rings is 1. The van der Waals surface area contributed by atoms with E-state index >= 15 is 0 Å². The average molecular weight is 474 g/mol. The summed E-state index contributed by atoms with van der Waals surface area (Å²) >= 11 is 0. The normalized spacial score (nSPS) is 15.6. The van der Waals surface area contributed by atoms with Gasteiger partial charge in [-0.05, 0) is 55.3 Å². The van der Waals surface area contributed by atoms with Gasteiger partial charge in [0.25, 0.3) is 5.91 Å². The highest BCUT2D eigenvalue weighted by Gasteiger charge is 2.32. The van der Waals surface area contributed by atoms with Crippen LogP contribution in [0.3, 0.4) is 0 Å². The summed E-state index contributed by atoms with van der Waals surface area (Å²) in [7, 11) is 1.62. The minimum atomic E-state index is -0.557. The Morgan fingerprint density at radius 2 is 1.57 bits per heavy atom. The van der Waals surface area contributed by atoms with Crippen LogP contribution in [0.2, 0.25) is 0 Å². The molecule has 2 aliphatic rings. The van der Waals surface area contributed by atoms with Crippen LogP contribution in [0.1, 0.15) is 23.3 Å². The number of ether oxygens (including phenoxy) is 1. The molecule has 1 saturated carbocycles. The number of carbonyl (C=O) groups is 3. The Morgan fingerprint density at radius 3 is 2.20 bits per heavy atom. The third kappa shape index (κ3) is 4.89. The fraction of sp³-hybridized carbons (Fsp3) is 0.308. The Morgan fingerprint density at radius 1 is 0.914 bits per heavy atom. The molecule has 2 aromatic carbocycles. The summed E-state index contributed by atoms with van der Waals surface area (Å²) < 4.78 is 7.03. The zero-order valence-electron chi connectivity index (χ0n) is 19.5. The lowest BCUT2D eigenvalue weighted by atomic mass is 10.1. The van der Waals surface area contributed by atoms with Crippen molar-refractivity contribution in [3.63, 3.8) is 0 Å². The summed E-state index contributed by atoms with van der Waals surface area (Å²) in [6.07, 6.45) is 1.85. The fourth-order valence-electron chi connectivity index (χ4n) is 4.11. The van der Waals surface area contributed by atoms with Crippen molar-refractivity contribution in [3.05, 3.63) is 66.4 Å². The molecule has 3 aromatic rings. The third-order valence-corrected chi connectivity index (χ3v) is 6.28. The maximum absolute atomic E-state index is 13.3. The first-order valence-electron chi connectivity index (χ1n) is 11.7. The predicted molar refractivity (Wildman–Crippen MR) is 129 cm³/mol. The lowest BCUT2D eigenvalue weighted by molar-refractivity contribution is -0.146. The van der Waals surface area contributed by atoms with Crippen molar-refractivity contribution in [2.75, 3.05) is 33.3 Å². The van der Waals surface area contributed by atoms with Crippen LogP contribution < -0.4 is 10.1 Å². The fourth-order valence-corrected chi connectivity index (χ4v) is 4.11. The molecule has 0 atom stereocenters. The molecule has 9 nitrogen and oxygen atoms in total. The largest absolute Gasteiger partial charge is 0.497 e. The molecule has 1 aromatic heterocycles. The smallest absolute Gasteiger partial charge is 0.312 e. The van der Waals surface area contributed by atoms with E-state index in [9.17, 15) is 14.4 Å². The van der Waals surface area contributed by atoms with Crippen LogP contribution in [0.15, 0.2) is 60.7 Å². The van der Waals surface area contributed by atoms with E-state index < -0.39 is 11.8 Å². The van der Waals surface area contributed by atoms with Crippen LogP contribution in [0.5, 0.6) is 5.75 Å². The molecule has 1 saturated heterocycles. The lowest BCUT2D eigenvalue weighted by Crippen LogP contribution is -2.54. The van der Waals surface area contributed by atoms with Crippen molar-refractivity contribution < 1.29 is 19.1 Å². The van der Waals surface area contributed by atoms with Gasteiger partial charge in [-0.15, -0.1) is 0 Å². The summed E-state index contributed by atoms with van der Waals surface area (Å²) in [5, 5.41) is 7.37. The van der Waals surface area contributed by atoms with E-state index in [-0.39, 0.29) is 11.9 Å². The van der Waals surface area contributed by atoms with Crippen LogP contribution >= 0.6 is 0 Å². The maximum atomic E-state index is 13.3. The van der Waals surface area contributed by atoms with E-state index in [4.69, 9.17) is 4.74 Å². The number of benzene rings is 2. The number of nitrogens with zero attached hydrogens (tertiary/aromatic N) is 4.